The molecule has 0 radical (unpaired) electrons. The Morgan fingerprint density at radius 1 is 1.33 bits per heavy atom. The average Bonchev–Trinajstić information content (AvgIpc) is 2.68. The van der Waals surface area contributed by atoms with E-state index in [1.807, 2.05) is 14.0 Å². The molecule has 0 amide bonds. The summed E-state index contributed by atoms with van der Waals surface area (Å²) in [6, 6.07) is 6.18. The van der Waals surface area contributed by atoms with Crippen LogP contribution in [0.15, 0.2) is 36.5 Å². The molecule has 1 aromatic heterocycles. The van der Waals surface area contributed by atoms with Gasteiger partial charge in [0, 0.05) is 23.9 Å². The number of aryl methyl sites for hydroxylation is 1. The normalized spacial score (nSPS) is 11.0. The Balaban J connectivity index is 2.16. The van der Waals surface area contributed by atoms with Crippen LogP contribution in [0.2, 0.25) is 0 Å². The maximum atomic E-state index is 11.9. The molecule has 1 heterocycles. The number of carbonyl (C=O) groups excluding carboxylic acids is 1. The fourth-order valence-electron chi connectivity index (χ4n) is 1.57. The zero-order valence-corrected chi connectivity index (χ0v) is 10.3. The molecule has 1 N–H and O–H groups in total. The van der Waals surface area contributed by atoms with E-state index < -0.39 is 0 Å². The molecule has 0 saturated heterocycles. The molecular weight excluding hydrogens is 228 g/mol. The van der Waals surface area contributed by atoms with Crippen molar-refractivity contribution in [2.45, 2.75) is 6.92 Å². The highest BCUT2D eigenvalue weighted by molar-refractivity contribution is 6.06. The Kier molecular flexibility index (Phi) is 3.28. The predicted octanol–water partition coefficient (Wildman–Crippen LogP) is 2.33. The molecule has 0 unspecified atom stereocenters. The zero-order chi connectivity index (χ0) is 13.1. The minimum absolute atomic E-state index is 0.0988. The molecule has 4 nitrogen and oxygen atoms in total. The van der Waals surface area contributed by atoms with Gasteiger partial charge in [-0.1, -0.05) is 0 Å². The average molecular weight is 242 g/mol. The quantitative estimate of drug-likeness (QED) is 0.664. The number of phenolic OH excluding ortho intramolecular Hbond substituents is 1. The van der Waals surface area contributed by atoms with E-state index in [0.717, 1.165) is 11.3 Å². The van der Waals surface area contributed by atoms with Gasteiger partial charge in [0.05, 0.1) is 6.20 Å². The van der Waals surface area contributed by atoms with Crippen LogP contribution in [0.4, 0.5) is 0 Å². The summed E-state index contributed by atoms with van der Waals surface area (Å²) in [4.78, 5) is 11.9. The molecule has 0 fully saturated rings. The van der Waals surface area contributed by atoms with Crippen molar-refractivity contribution in [3.8, 4) is 5.75 Å². The van der Waals surface area contributed by atoms with E-state index in [1.54, 1.807) is 29.1 Å². The van der Waals surface area contributed by atoms with Gasteiger partial charge in [-0.2, -0.15) is 5.10 Å². The van der Waals surface area contributed by atoms with E-state index in [1.165, 1.54) is 18.2 Å². The van der Waals surface area contributed by atoms with Crippen LogP contribution in [0.1, 0.15) is 21.6 Å². The number of aromatic hydroxyl groups is 1. The lowest BCUT2D eigenvalue weighted by Gasteiger charge is -1.96. The van der Waals surface area contributed by atoms with Gasteiger partial charge in [-0.3, -0.25) is 9.48 Å². The van der Waals surface area contributed by atoms with Gasteiger partial charge in [-0.25, -0.2) is 0 Å². The lowest BCUT2D eigenvalue weighted by Crippen LogP contribution is -1.94. The van der Waals surface area contributed by atoms with Crippen LogP contribution in [0.3, 0.4) is 0 Å². The molecule has 0 aliphatic carbocycles. The summed E-state index contributed by atoms with van der Waals surface area (Å²) in [5.41, 5.74) is 2.47. The Morgan fingerprint density at radius 2 is 2.00 bits per heavy atom. The van der Waals surface area contributed by atoms with Crippen LogP contribution in [0.5, 0.6) is 5.75 Å². The second-order valence-electron chi connectivity index (χ2n) is 4.05. The van der Waals surface area contributed by atoms with Gasteiger partial charge in [-0.15, -0.1) is 0 Å². The van der Waals surface area contributed by atoms with Gasteiger partial charge in [0.2, 0.25) is 0 Å². The zero-order valence-electron chi connectivity index (χ0n) is 10.3. The molecule has 18 heavy (non-hydrogen) atoms. The Hall–Kier alpha value is -2.36. The molecular formula is C14H14N2O2. The number of aromatic nitrogens is 2. The highest BCUT2D eigenvalue weighted by Gasteiger charge is 2.03. The van der Waals surface area contributed by atoms with Crippen LogP contribution in [0, 0.1) is 6.92 Å². The van der Waals surface area contributed by atoms with Crippen molar-refractivity contribution < 1.29 is 9.90 Å². The lowest BCUT2D eigenvalue weighted by molar-refractivity contribution is 0.104. The van der Waals surface area contributed by atoms with Crippen molar-refractivity contribution in [2.75, 3.05) is 0 Å². The number of nitrogens with zero attached hydrogens (tertiary/aromatic N) is 2. The first-order valence-electron chi connectivity index (χ1n) is 5.58. The molecule has 92 valence electrons. The van der Waals surface area contributed by atoms with E-state index in [4.69, 9.17) is 5.11 Å². The topological polar surface area (TPSA) is 55.1 Å². The van der Waals surface area contributed by atoms with E-state index in [2.05, 4.69) is 5.10 Å². The second kappa shape index (κ2) is 4.87. The summed E-state index contributed by atoms with van der Waals surface area (Å²) in [6.45, 7) is 1.94. The van der Waals surface area contributed by atoms with Crippen LogP contribution in [-0.4, -0.2) is 20.7 Å². The van der Waals surface area contributed by atoms with Crippen LogP contribution in [-0.2, 0) is 7.05 Å². The van der Waals surface area contributed by atoms with Crippen LogP contribution >= 0.6 is 0 Å². The number of hydrogen-bond donors (Lipinski definition) is 1. The smallest absolute Gasteiger partial charge is 0.185 e. The molecule has 0 spiro atoms. The van der Waals surface area contributed by atoms with Crippen LogP contribution < -0.4 is 0 Å². The standard InChI is InChI=1S/C14H14N2O2/c1-10-12(9-15-16(10)2)5-8-14(18)11-3-6-13(17)7-4-11/h3-9,17H,1-2H3/b8-5+. The van der Waals surface area contributed by atoms with Crippen molar-refractivity contribution in [1.29, 1.82) is 0 Å². The van der Waals surface area contributed by atoms with E-state index in [0.29, 0.717) is 5.56 Å². The predicted molar refractivity (Wildman–Crippen MR) is 69.4 cm³/mol. The van der Waals surface area contributed by atoms with E-state index in [9.17, 15) is 4.79 Å². The third-order valence-corrected chi connectivity index (χ3v) is 2.84. The Bertz CT molecular complexity index is 595. The summed E-state index contributed by atoms with van der Waals surface area (Å²) < 4.78 is 1.75. The van der Waals surface area contributed by atoms with Gasteiger partial charge in [0.25, 0.3) is 0 Å². The number of allylic oxidation sites excluding steroid dienone is 1. The van der Waals surface area contributed by atoms with Gasteiger partial charge < -0.3 is 5.11 Å². The fourth-order valence-corrected chi connectivity index (χ4v) is 1.57. The Labute approximate surface area is 105 Å². The van der Waals surface area contributed by atoms with Gasteiger partial charge in [-0.05, 0) is 43.3 Å². The summed E-state index contributed by atoms with van der Waals surface area (Å²) in [6.07, 6.45) is 4.98. The first kappa shape index (κ1) is 12.1. The van der Waals surface area contributed by atoms with Gasteiger partial charge in [0.1, 0.15) is 5.75 Å². The maximum Gasteiger partial charge on any atom is 0.185 e. The van der Waals surface area contributed by atoms with Crippen molar-refractivity contribution in [3.05, 3.63) is 53.4 Å². The van der Waals surface area contributed by atoms with Gasteiger partial charge >= 0.3 is 0 Å². The minimum atomic E-state index is -0.0988. The summed E-state index contributed by atoms with van der Waals surface area (Å²) in [5, 5.41) is 13.2. The number of phenols is 1. The summed E-state index contributed by atoms with van der Waals surface area (Å²) >= 11 is 0. The van der Waals surface area contributed by atoms with Gasteiger partial charge in [0.15, 0.2) is 5.78 Å². The number of ketones is 1. The SMILES string of the molecule is Cc1c(/C=C/C(=O)c2ccc(O)cc2)cnn1C. The molecule has 0 aliphatic rings. The largest absolute Gasteiger partial charge is 0.508 e. The monoisotopic (exact) mass is 242 g/mol. The minimum Gasteiger partial charge on any atom is -0.508 e. The number of benzene rings is 1. The summed E-state index contributed by atoms with van der Waals surface area (Å²) in [5.74, 6) is 0.0527. The molecule has 2 aromatic rings. The third-order valence-electron chi connectivity index (χ3n) is 2.84. The molecule has 0 bridgehead atoms. The molecule has 2 rings (SSSR count). The molecule has 0 aliphatic heterocycles. The van der Waals surface area contributed by atoms with Crippen LogP contribution in [0.25, 0.3) is 6.08 Å². The van der Waals surface area contributed by atoms with Crippen molar-refractivity contribution in [3.63, 3.8) is 0 Å². The van der Waals surface area contributed by atoms with Crippen molar-refractivity contribution in [1.82, 2.24) is 9.78 Å². The first-order chi connectivity index (χ1) is 8.58. The number of hydrogen-bond acceptors (Lipinski definition) is 3. The van der Waals surface area contributed by atoms with Crippen molar-refractivity contribution in [2.24, 2.45) is 7.05 Å². The number of carbonyl (C=O) groups is 1. The molecule has 4 heteroatoms. The highest BCUT2D eigenvalue weighted by atomic mass is 16.3. The molecule has 0 saturated carbocycles. The van der Waals surface area contributed by atoms with Crippen molar-refractivity contribution >= 4 is 11.9 Å². The highest BCUT2D eigenvalue weighted by Crippen LogP contribution is 2.12. The van der Waals surface area contributed by atoms with E-state index >= 15 is 0 Å². The molecule has 0 atom stereocenters. The maximum absolute atomic E-state index is 11.9. The summed E-state index contributed by atoms with van der Waals surface area (Å²) in [7, 11) is 1.86. The first-order valence-corrected chi connectivity index (χ1v) is 5.58. The fraction of sp³-hybridized carbons (Fsp3) is 0.143. The molecule has 1 aromatic carbocycles. The lowest BCUT2D eigenvalue weighted by atomic mass is 10.1. The number of rotatable bonds is 3. The van der Waals surface area contributed by atoms with E-state index in [-0.39, 0.29) is 11.5 Å². The third kappa shape index (κ3) is 2.48. The Morgan fingerprint density at radius 3 is 2.56 bits per heavy atom. The second-order valence-corrected chi connectivity index (χ2v) is 4.05.